The second-order valence-corrected chi connectivity index (χ2v) is 9.99. The average Bonchev–Trinajstić information content (AvgIpc) is 3.24. The average molecular weight is 517 g/mol. The smallest absolute Gasteiger partial charge is 0.254 e. The Morgan fingerprint density at radius 1 is 1.06 bits per heavy atom. The molecule has 2 amide bonds. The first-order chi connectivity index (χ1) is 16.5. The summed E-state index contributed by atoms with van der Waals surface area (Å²) in [6.07, 6.45) is 0.713. The monoisotopic (exact) mass is 516 g/mol. The topological polar surface area (TPSA) is 76.5 Å². The maximum absolute atomic E-state index is 13.1. The minimum Gasteiger partial charge on any atom is -0.497 e. The van der Waals surface area contributed by atoms with Gasteiger partial charge in [0.2, 0.25) is 5.91 Å². The van der Waals surface area contributed by atoms with E-state index in [4.69, 9.17) is 33.0 Å². The molecule has 0 saturated carbocycles. The Hall–Kier alpha value is -3.03. The highest BCUT2D eigenvalue weighted by Crippen LogP contribution is 2.29. The van der Waals surface area contributed by atoms with E-state index in [1.807, 2.05) is 33.8 Å². The molecule has 0 spiro atoms. The van der Waals surface area contributed by atoms with Gasteiger partial charge in [-0.1, -0.05) is 50.9 Å². The van der Waals surface area contributed by atoms with Crippen LogP contribution in [-0.4, -0.2) is 46.7 Å². The first-order valence-corrected chi connectivity index (χ1v) is 12.1. The van der Waals surface area contributed by atoms with Crippen LogP contribution in [0, 0.1) is 0 Å². The van der Waals surface area contributed by atoms with Crippen LogP contribution in [0.3, 0.4) is 0 Å². The summed E-state index contributed by atoms with van der Waals surface area (Å²) < 4.78 is 6.78. The molecule has 0 saturated heterocycles. The van der Waals surface area contributed by atoms with Crippen LogP contribution >= 0.6 is 23.2 Å². The Bertz CT molecular complexity index is 1200. The molecule has 0 aliphatic rings. The number of methoxy groups -OCH3 is 1. The van der Waals surface area contributed by atoms with Gasteiger partial charge in [-0.2, -0.15) is 5.10 Å². The Morgan fingerprint density at radius 2 is 1.74 bits per heavy atom. The Kier molecular flexibility index (Phi) is 8.46. The zero-order valence-corrected chi connectivity index (χ0v) is 22.1. The van der Waals surface area contributed by atoms with Crippen molar-refractivity contribution in [2.45, 2.75) is 39.5 Å². The summed E-state index contributed by atoms with van der Waals surface area (Å²) in [5, 5.41) is 8.43. The highest BCUT2D eigenvalue weighted by molar-refractivity contribution is 6.42. The van der Waals surface area contributed by atoms with Gasteiger partial charge in [0.15, 0.2) is 0 Å². The van der Waals surface area contributed by atoms with Crippen molar-refractivity contribution in [2.75, 3.05) is 25.5 Å². The summed E-state index contributed by atoms with van der Waals surface area (Å²) >= 11 is 12.3. The van der Waals surface area contributed by atoms with Gasteiger partial charge in [-0.05, 0) is 48.9 Å². The first kappa shape index (κ1) is 26.6. The third kappa shape index (κ3) is 6.55. The number of hydrogen-bond donors (Lipinski definition) is 1. The molecule has 1 heterocycles. The van der Waals surface area contributed by atoms with Crippen molar-refractivity contribution in [3.05, 3.63) is 69.8 Å². The molecule has 0 radical (unpaired) electrons. The van der Waals surface area contributed by atoms with Crippen molar-refractivity contribution in [3.8, 4) is 11.4 Å². The van der Waals surface area contributed by atoms with Crippen LogP contribution in [0.2, 0.25) is 10.0 Å². The van der Waals surface area contributed by atoms with E-state index in [9.17, 15) is 9.59 Å². The lowest BCUT2D eigenvalue weighted by Gasteiger charge is -2.22. The molecular weight excluding hydrogens is 487 g/mol. The lowest BCUT2D eigenvalue weighted by atomic mass is 9.92. The number of amides is 2. The van der Waals surface area contributed by atoms with Gasteiger partial charge in [0, 0.05) is 23.6 Å². The van der Waals surface area contributed by atoms with Crippen molar-refractivity contribution >= 4 is 40.8 Å². The molecule has 0 aliphatic carbocycles. The number of carbonyl (C=O) groups excluding carboxylic acids is 2. The van der Waals surface area contributed by atoms with Crippen molar-refractivity contribution in [2.24, 2.45) is 0 Å². The fourth-order valence-corrected chi connectivity index (χ4v) is 3.74. The van der Waals surface area contributed by atoms with Gasteiger partial charge in [-0.3, -0.25) is 9.59 Å². The summed E-state index contributed by atoms with van der Waals surface area (Å²) in [7, 11) is 1.57. The van der Waals surface area contributed by atoms with Gasteiger partial charge in [-0.25, -0.2) is 4.68 Å². The number of nitrogens with zero attached hydrogens (tertiary/aromatic N) is 3. The van der Waals surface area contributed by atoms with E-state index in [1.54, 1.807) is 54.3 Å². The summed E-state index contributed by atoms with van der Waals surface area (Å²) in [5.74, 6) is 0.582. The molecule has 2 aromatic carbocycles. The summed E-state index contributed by atoms with van der Waals surface area (Å²) in [6, 6.07) is 13.8. The molecule has 35 heavy (non-hydrogen) atoms. The van der Waals surface area contributed by atoms with Gasteiger partial charge in [0.25, 0.3) is 5.91 Å². The number of hydrogen-bond acceptors (Lipinski definition) is 4. The summed E-state index contributed by atoms with van der Waals surface area (Å²) in [4.78, 5) is 27.7. The van der Waals surface area contributed by atoms with E-state index in [1.165, 1.54) is 4.90 Å². The Labute approximate surface area is 216 Å². The molecule has 0 bridgehead atoms. The molecule has 1 aromatic heterocycles. The highest BCUT2D eigenvalue weighted by Gasteiger charge is 2.23. The van der Waals surface area contributed by atoms with Crippen molar-refractivity contribution < 1.29 is 14.3 Å². The van der Waals surface area contributed by atoms with E-state index in [2.05, 4.69) is 5.32 Å². The standard InChI is InChI=1S/C26H30Cl2N4O3/c1-6-13-31(25(34)17-7-10-19(35-5)11-8-17)16-24(33)29-23-15-22(26(2,3)4)30-32(23)18-9-12-20(27)21(28)14-18/h7-12,14-15H,6,13,16H2,1-5H3,(H,29,33). The van der Waals surface area contributed by atoms with E-state index in [0.29, 0.717) is 45.8 Å². The Morgan fingerprint density at radius 3 is 2.31 bits per heavy atom. The largest absolute Gasteiger partial charge is 0.497 e. The van der Waals surface area contributed by atoms with E-state index >= 15 is 0 Å². The number of carbonyl (C=O) groups is 2. The third-order valence-corrected chi connectivity index (χ3v) is 6.08. The van der Waals surface area contributed by atoms with Crippen LogP contribution in [0.5, 0.6) is 5.75 Å². The minimum absolute atomic E-state index is 0.101. The highest BCUT2D eigenvalue weighted by atomic mass is 35.5. The van der Waals surface area contributed by atoms with Crippen LogP contribution in [0.25, 0.3) is 5.69 Å². The zero-order valence-electron chi connectivity index (χ0n) is 20.6. The van der Waals surface area contributed by atoms with Crippen LogP contribution in [0.15, 0.2) is 48.5 Å². The molecule has 7 nitrogen and oxygen atoms in total. The number of anilines is 1. The normalized spacial score (nSPS) is 11.3. The number of aromatic nitrogens is 2. The number of ether oxygens (including phenoxy) is 1. The van der Waals surface area contributed by atoms with Gasteiger partial charge in [0.1, 0.15) is 18.1 Å². The Balaban J connectivity index is 1.85. The molecule has 1 N–H and O–H groups in total. The zero-order chi connectivity index (χ0) is 25.8. The quantitative estimate of drug-likeness (QED) is 0.399. The van der Waals surface area contributed by atoms with Gasteiger partial charge in [0.05, 0.1) is 28.5 Å². The molecule has 0 unspecified atom stereocenters. The SMILES string of the molecule is CCCN(CC(=O)Nc1cc(C(C)(C)C)nn1-c1ccc(Cl)c(Cl)c1)C(=O)c1ccc(OC)cc1. The summed E-state index contributed by atoms with van der Waals surface area (Å²) in [5.41, 5.74) is 1.69. The maximum Gasteiger partial charge on any atom is 0.254 e. The second-order valence-electron chi connectivity index (χ2n) is 9.18. The van der Waals surface area contributed by atoms with Gasteiger partial charge >= 0.3 is 0 Å². The van der Waals surface area contributed by atoms with E-state index in [-0.39, 0.29) is 23.8 Å². The van der Waals surface area contributed by atoms with Crippen LogP contribution in [-0.2, 0) is 10.2 Å². The molecule has 186 valence electrons. The van der Waals surface area contributed by atoms with Gasteiger partial charge < -0.3 is 15.0 Å². The number of nitrogens with one attached hydrogen (secondary N) is 1. The molecule has 9 heteroatoms. The number of rotatable bonds is 8. The fraction of sp³-hybridized carbons (Fsp3) is 0.346. The predicted molar refractivity (Wildman–Crippen MR) is 140 cm³/mol. The maximum atomic E-state index is 13.1. The summed E-state index contributed by atoms with van der Waals surface area (Å²) in [6.45, 7) is 8.42. The number of benzene rings is 2. The van der Waals surface area contributed by atoms with Crippen molar-refractivity contribution in [3.63, 3.8) is 0 Å². The van der Waals surface area contributed by atoms with Gasteiger partial charge in [-0.15, -0.1) is 0 Å². The second kappa shape index (κ2) is 11.1. The molecular formula is C26H30Cl2N4O3. The van der Waals surface area contributed by atoms with Crippen molar-refractivity contribution in [1.82, 2.24) is 14.7 Å². The molecule has 0 fully saturated rings. The predicted octanol–water partition coefficient (Wildman–Crippen LogP) is 5.98. The van der Waals surface area contributed by atoms with E-state index < -0.39 is 0 Å². The first-order valence-electron chi connectivity index (χ1n) is 11.3. The molecule has 0 aliphatic heterocycles. The van der Waals surface area contributed by atoms with Crippen LogP contribution < -0.4 is 10.1 Å². The minimum atomic E-state index is -0.331. The molecule has 3 aromatic rings. The molecule has 3 rings (SSSR count). The van der Waals surface area contributed by atoms with E-state index in [0.717, 1.165) is 5.69 Å². The number of halogens is 2. The van der Waals surface area contributed by atoms with Crippen molar-refractivity contribution in [1.29, 1.82) is 0 Å². The lowest BCUT2D eigenvalue weighted by molar-refractivity contribution is -0.116. The fourth-order valence-electron chi connectivity index (χ4n) is 3.44. The molecule has 0 atom stereocenters. The van der Waals surface area contributed by atoms with Crippen LogP contribution in [0.4, 0.5) is 5.82 Å². The third-order valence-electron chi connectivity index (χ3n) is 5.35. The lowest BCUT2D eigenvalue weighted by Crippen LogP contribution is -2.38. The van der Waals surface area contributed by atoms with Crippen LogP contribution in [0.1, 0.15) is 50.2 Å².